The van der Waals surface area contributed by atoms with Crippen LogP contribution in [0.3, 0.4) is 0 Å². The van der Waals surface area contributed by atoms with E-state index in [1.165, 1.54) is 6.08 Å². The molecule has 0 aliphatic heterocycles. The van der Waals surface area contributed by atoms with Gasteiger partial charge in [-0.25, -0.2) is 13.1 Å². The first-order valence-electron chi connectivity index (χ1n) is 6.47. The van der Waals surface area contributed by atoms with Crippen molar-refractivity contribution < 1.29 is 8.42 Å². The summed E-state index contributed by atoms with van der Waals surface area (Å²) in [5, 5.41) is 1.75. The van der Waals surface area contributed by atoms with Crippen molar-refractivity contribution >= 4 is 27.7 Å². The lowest BCUT2D eigenvalue weighted by molar-refractivity contribution is 0.487. The maximum atomic E-state index is 11.8. The molecule has 1 rings (SSSR count). The predicted molar refractivity (Wildman–Crippen MR) is 84.8 cm³/mol. The Balaban J connectivity index is 2.55. The molecule has 1 atom stereocenters. The zero-order valence-electron chi connectivity index (χ0n) is 11.7. The molecule has 6 heteroatoms. The van der Waals surface area contributed by atoms with Gasteiger partial charge >= 0.3 is 0 Å². The second-order valence-electron chi connectivity index (χ2n) is 5.14. The molecule has 4 nitrogen and oxygen atoms in total. The topological polar surface area (TPSA) is 72.2 Å². The van der Waals surface area contributed by atoms with Crippen LogP contribution in [0.2, 0.25) is 5.02 Å². The van der Waals surface area contributed by atoms with E-state index in [1.54, 1.807) is 24.3 Å². The molecule has 3 N–H and O–H groups in total. The molecule has 0 aliphatic rings. The van der Waals surface area contributed by atoms with Gasteiger partial charge < -0.3 is 5.73 Å². The van der Waals surface area contributed by atoms with Crippen LogP contribution < -0.4 is 10.5 Å². The van der Waals surface area contributed by atoms with E-state index in [2.05, 4.69) is 18.6 Å². The molecule has 0 radical (unpaired) electrons. The fraction of sp³-hybridized carbons (Fsp3) is 0.429. The van der Waals surface area contributed by atoms with Gasteiger partial charge in [0, 0.05) is 23.0 Å². The van der Waals surface area contributed by atoms with E-state index in [-0.39, 0.29) is 12.6 Å². The highest BCUT2D eigenvalue weighted by Crippen LogP contribution is 2.11. The lowest BCUT2D eigenvalue weighted by Crippen LogP contribution is -2.37. The molecule has 1 unspecified atom stereocenters. The molecule has 0 heterocycles. The standard InChI is InChI=1S/C14H21ClN2O2S/c1-11(2)9-14(16)10-17-20(18,19)8-7-12-3-5-13(15)6-4-12/h3-8,11,14,17H,9-10,16H2,1-2H3/b8-7+. The first-order valence-corrected chi connectivity index (χ1v) is 8.40. The molecule has 0 spiro atoms. The van der Waals surface area contributed by atoms with Gasteiger partial charge in [0.15, 0.2) is 0 Å². The Morgan fingerprint density at radius 2 is 1.90 bits per heavy atom. The predicted octanol–water partition coefficient (Wildman–Crippen LogP) is 2.60. The number of hydrogen-bond acceptors (Lipinski definition) is 3. The zero-order valence-corrected chi connectivity index (χ0v) is 13.3. The minimum atomic E-state index is -3.46. The maximum Gasteiger partial charge on any atom is 0.233 e. The van der Waals surface area contributed by atoms with Gasteiger partial charge in [-0.3, -0.25) is 0 Å². The molecule has 0 aliphatic carbocycles. The highest BCUT2D eigenvalue weighted by molar-refractivity contribution is 7.92. The Labute approximate surface area is 126 Å². The van der Waals surface area contributed by atoms with Gasteiger partial charge in [0.05, 0.1) is 0 Å². The highest BCUT2D eigenvalue weighted by Gasteiger charge is 2.10. The Morgan fingerprint density at radius 3 is 2.45 bits per heavy atom. The summed E-state index contributed by atoms with van der Waals surface area (Å²) >= 11 is 5.76. The summed E-state index contributed by atoms with van der Waals surface area (Å²) in [5.74, 6) is 0.444. The van der Waals surface area contributed by atoms with Crippen LogP contribution in [0.5, 0.6) is 0 Å². The van der Waals surface area contributed by atoms with Crippen molar-refractivity contribution in [3.05, 3.63) is 40.3 Å². The van der Waals surface area contributed by atoms with Crippen LogP contribution >= 0.6 is 11.6 Å². The van der Waals surface area contributed by atoms with Crippen LogP contribution in [0.25, 0.3) is 6.08 Å². The molecular weight excluding hydrogens is 296 g/mol. The molecular formula is C14H21ClN2O2S. The monoisotopic (exact) mass is 316 g/mol. The van der Waals surface area contributed by atoms with Gasteiger partial charge in [-0.1, -0.05) is 37.6 Å². The number of benzene rings is 1. The van der Waals surface area contributed by atoms with Crippen LogP contribution in [-0.4, -0.2) is 21.0 Å². The molecule has 0 amide bonds. The van der Waals surface area contributed by atoms with E-state index in [9.17, 15) is 8.42 Å². The van der Waals surface area contributed by atoms with Gasteiger partial charge in [0.2, 0.25) is 10.0 Å². The average molecular weight is 317 g/mol. The Hall–Kier alpha value is -0.880. The van der Waals surface area contributed by atoms with Crippen molar-refractivity contribution in [2.45, 2.75) is 26.3 Å². The van der Waals surface area contributed by atoms with E-state index in [1.807, 2.05) is 0 Å². The number of nitrogens with one attached hydrogen (secondary N) is 1. The molecule has 1 aromatic carbocycles. The van der Waals surface area contributed by atoms with E-state index in [0.29, 0.717) is 10.9 Å². The quantitative estimate of drug-likeness (QED) is 0.812. The lowest BCUT2D eigenvalue weighted by atomic mass is 10.1. The molecule has 0 saturated carbocycles. The highest BCUT2D eigenvalue weighted by atomic mass is 35.5. The maximum absolute atomic E-state index is 11.8. The largest absolute Gasteiger partial charge is 0.327 e. The Morgan fingerprint density at radius 1 is 1.30 bits per heavy atom. The lowest BCUT2D eigenvalue weighted by Gasteiger charge is -2.13. The van der Waals surface area contributed by atoms with Crippen molar-refractivity contribution in [3.63, 3.8) is 0 Å². The minimum absolute atomic E-state index is 0.172. The third-order valence-electron chi connectivity index (χ3n) is 2.63. The number of nitrogens with two attached hydrogens (primary N) is 1. The second-order valence-corrected chi connectivity index (χ2v) is 7.22. The fourth-order valence-electron chi connectivity index (χ4n) is 1.70. The second kappa shape index (κ2) is 7.78. The number of sulfonamides is 1. The van der Waals surface area contributed by atoms with Crippen molar-refractivity contribution in [3.8, 4) is 0 Å². The van der Waals surface area contributed by atoms with E-state index >= 15 is 0 Å². The third kappa shape index (κ3) is 7.05. The molecule has 1 aromatic rings. The minimum Gasteiger partial charge on any atom is -0.327 e. The number of rotatable bonds is 7. The van der Waals surface area contributed by atoms with Crippen LogP contribution in [0.4, 0.5) is 0 Å². The van der Waals surface area contributed by atoms with Crippen LogP contribution in [0, 0.1) is 5.92 Å². The van der Waals surface area contributed by atoms with E-state index in [0.717, 1.165) is 17.4 Å². The summed E-state index contributed by atoms with van der Waals surface area (Å²) in [6, 6.07) is 6.74. The molecule has 20 heavy (non-hydrogen) atoms. The van der Waals surface area contributed by atoms with Crippen molar-refractivity contribution in [2.75, 3.05) is 6.54 Å². The smallest absolute Gasteiger partial charge is 0.233 e. The van der Waals surface area contributed by atoms with E-state index < -0.39 is 10.0 Å². The molecule has 0 fully saturated rings. The summed E-state index contributed by atoms with van der Waals surface area (Å²) in [4.78, 5) is 0. The fourth-order valence-corrected chi connectivity index (χ4v) is 2.71. The molecule has 0 aromatic heterocycles. The summed E-state index contributed by atoms with van der Waals surface area (Å²) in [5.41, 5.74) is 6.61. The van der Waals surface area contributed by atoms with Gasteiger partial charge in [-0.15, -0.1) is 0 Å². The Kier molecular flexibility index (Phi) is 6.68. The zero-order chi connectivity index (χ0) is 15.2. The van der Waals surface area contributed by atoms with Crippen LogP contribution in [0.15, 0.2) is 29.7 Å². The summed E-state index contributed by atoms with van der Waals surface area (Å²) in [6.45, 7) is 4.34. The SMILES string of the molecule is CC(C)CC(N)CNS(=O)(=O)/C=C/c1ccc(Cl)cc1. The molecule has 0 saturated heterocycles. The van der Waals surface area contributed by atoms with Gasteiger partial charge in [-0.2, -0.15) is 0 Å². The first kappa shape index (κ1) is 17.2. The number of hydrogen-bond donors (Lipinski definition) is 2. The summed E-state index contributed by atoms with van der Waals surface area (Å²) < 4.78 is 26.0. The Bertz CT molecular complexity index is 539. The average Bonchev–Trinajstić information content (AvgIpc) is 2.35. The normalized spacial score (nSPS) is 14.1. The first-order chi connectivity index (χ1) is 9.28. The van der Waals surface area contributed by atoms with Crippen LogP contribution in [0.1, 0.15) is 25.8 Å². The van der Waals surface area contributed by atoms with Crippen molar-refractivity contribution in [2.24, 2.45) is 11.7 Å². The van der Waals surface area contributed by atoms with Crippen molar-refractivity contribution in [1.82, 2.24) is 4.72 Å². The summed E-state index contributed by atoms with van der Waals surface area (Å²) in [7, 11) is -3.46. The van der Waals surface area contributed by atoms with E-state index in [4.69, 9.17) is 17.3 Å². The van der Waals surface area contributed by atoms with Gasteiger partial charge in [-0.05, 0) is 36.1 Å². The van der Waals surface area contributed by atoms with Crippen LogP contribution in [-0.2, 0) is 10.0 Å². The van der Waals surface area contributed by atoms with Crippen molar-refractivity contribution in [1.29, 1.82) is 0 Å². The molecule has 112 valence electrons. The van der Waals surface area contributed by atoms with Gasteiger partial charge in [0.1, 0.15) is 0 Å². The number of halogens is 1. The van der Waals surface area contributed by atoms with Gasteiger partial charge in [0.25, 0.3) is 0 Å². The third-order valence-corrected chi connectivity index (χ3v) is 3.95. The molecule has 0 bridgehead atoms. The summed E-state index contributed by atoms with van der Waals surface area (Å²) in [6.07, 6.45) is 2.30.